The molecule has 82 valence electrons. The highest BCUT2D eigenvalue weighted by Crippen LogP contribution is 2.17. The molecule has 0 radical (unpaired) electrons. The molecule has 0 atom stereocenters. The average molecular weight is 203 g/mol. The van der Waals surface area contributed by atoms with Crippen molar-refractivity contribution in [3.8, 4) is 0 Å². The average Bonchev–Trinajstić information content (AvgIpc) is 2.22. The molecule has 0 unspecified atom stereocenters. The van der Waals surface area contributed by atoms with Crippen LogP contribution in [0, 0.1) is 13.8 Å². The molecule has 0 bridgehead atoms. The van der Waals surface area contributed by atoms with Crippen LogP contribution in [0.1, 0.15) is 30.0 Å². The van der Waals surface area contributed by atoms with Gasteiger partial charge < -0.3 is 5.32 Å². The molecule has 0 aromatic heterocycles. The molecule has 1 rings (SSSR count). The van der Waals surface area contributed by atoms with Gasteiger partial charge in [-0.25, -0.2) is 0 Å². The Morgan fingerprint density at radius 1 is 1.27 bits per heavy atom. The van der Waals surface area contributed by atoms with E-state index in [0.717, 1.165) is 13.0 Å². The van der Waals surface area contributed by atoms with Gasteiger partial charge in [-0.15, -0.1) is 0 Å². The van der Waals surface area contributed by atoms with Crippen LogP contribution in [0.15, 0.2) is 23.8 Å². The molecular weight excluding hydrogens is 182 g/mol. The van der Waals surface area contributed by atoms with Gasteiger partial charge in [0.15, 0.2) is 0 Å². The number of hydrogen-bond donors (Lipinski definition) is 1. The van der Waals surface area contributed by atoms with Gasteiger partial charge >= 0.3 is 0 Å². The fourth-order valence-electron chi connectivity index (χ4n) is 1.76. The van der Waals surface area contributed by atoms with Crippen molar-refractivity contribution in [3.05, 3.63) is 40.5 Å². The monoisotopic (exact) mass is 203 g/mol. The molecule has 1 nitrogen and oxygen atoms in total. The number of rotatable bonds is 4. The minimum atomic E-state index is 0.976. The lowest BCUT2D eigenvalue weighted by Crippen LogP contribution is -2.10. The summed E-state index contributed by atoms with van der Waals surface area (Å²) in [6, 6.07) is 6.46. The Morgan fingerprint density at radius 3 is 2.33 bits per heavy atom. The lowest BCUT2D eigenvalue weighted by atomic mass is 9.99. The summed E-state index contributed by atoms with van der Waals surface area (Å²) in [4.78, 5) is 0. The third kappa shape index (κ3) is 3.21. The molecule has 0 saturated heterocycles. The summed E-state index contributed by atoms with van der Waals surface area (Å²) in [6.07, 6.45) is 3.43. The highest BCUT2D eigenvalue weighted by molar-refractivity contribution is 5.60. The van der Waals surface area contributed by atoms with E-state index < -0.39 is 0 Å². The summed E-state index contributed by atoms with van der Waals surface area (Å²) >= 11 is 0. The van der Waals surface area contributed by atoms with Gasteiger partial charge in [0.25, 0.3) is 0 Å². The van der Waals surface area contributed by atoms with Gasteiger partial charge in [0.2, 0.25) is 0 Å². The van der Waals surface area contributed by atoms with Gasteiger partial charge in [-0.3, -0.25) is 0 Å². The number of aryl methyl sites for hydroxylation is 2. The largest absolute Gasteiger partial charge is 0.316 e. The Balaban J connectivity index is 3.04. The van der Waals surface area contributed by atoms with E-state index in [1.54, 1.807) is 0 Å². The number of nitrogens with one attached hydrogen (secondary N) is 1. The van der Waals surface area contributed by atoms with E-state index in [1.165, 1.54) is 22.3 Å². The van der Waals surface area contributed by atoms with E-state index in [9.17, 15) is 0 Å². The molecule has 0 heterocycles. The first-order chi connectivity index (χ1) is 7.19. The van der Waals surface area contributed by atoms with Crippen molar-refractivity contribution in [2.75, 3.05) is 13.6 Å². The maximum atomic E-state index is 3.21. The van der Waals surface area contributed by atoms with Crippen molar-refractivity contribution >= 4 is 6.08 Å². The SMILES string of the molecule is CC/C(=C/c1c(C)cccc1C)CNC. The second-order valence-corrected chi connectivity index (χ2v) is 3.99. The highest BCUT2D eigenvalue weighted by atomic mass is 14.8. The number of benzene rings is 1. The molecule has 1 aromatic carbocycles. The predicted octanol–water partition coefficient (Wildman–Crippen LogP) is 3.32. The second-order valence-electron chi connectivity index (χ2n) is 3.99. The van der Waals surface area contributed by atoms with Crippen LogP contribution < -0.4 is 5.32 Å². The smallest absolute Gasteiger partial charge is 0.0164 e. The van der Waals surface area contributed by atoms with Crippen LogP contribution in [0.25, 0.3) is 6.08 Å². The first-order valence-corrected chi connectivity index (χ1v) is 5.59. The van der Waals surface area contributed by atoms with Crippen LogP contribution in [0.5, 0.6) is 0 Å². The van der Waals surface area contributed by atoms with Crippen molar-refractivity contribution in [1.29, 1.82) is 0 Å². The Labute approximate surface area is 93.2 Å². The highest BCUT2D eigenvalue weighted by Gasteiger charge is 2.00. The Bertz CT molecular complexity index is 330. The molecule has 1 aromatic rings. The third-order valence-corrected chi connectivity index (χ3v) is 2.75. The fourth-order valence-corrected chi connectivity index (χ4v) is 1.76. The molecule has 0 spiro atoms. The minimum absolute atomic E-state index is 0.976. The van der Waals surface area contributed by atoms with Gasteiger partial charge in [-0.05, 0) is 44.0 Å². The standard InChI is InChI=1S/C14H21N/c1-5-13(10-15-4)9-14-11(2)7-6-8-12(14)3/h6-9,15H,5,10H2,1-4H3/b13-9-. The van der Waals surface area contributed by atoms with E-state index in [0.29, 0.717) is 0 Å². The molecule has 15 heavy (non-hydrogen) atoms. The minimum Gasteiger partial charge on any atom is -0.316 e. The summed E-state index contributed by atoms with van der Waals surface area (Å²) in [5, 5.41) is 3.21. The zero-order chi connectivity index (χ0) is 11.3. The Morgan fingerprint density at radius 2 is 1.87 bits per heavy atom. The van der Waals surface area contributed by atoms with Crippen LogP contribution >= 0.6 is 0 Å². The van der Waals surface area contributed by atoms with Crippen LogP contribution in [-0.2, 0) is 0 Å². The maximum absolute atomic E-state index is 3.21. The summed E-state index contributed by atoms with van der Waals surface area (Å²) in [6.45, 7) is 7.53. The first-order valence-electron chi connectivity index (χ1n) is 5.59. The first kappa shape index (κ1) is 12.0. The van der Waals surface area contributed by atoms with Gasteiger partial charge in [0.1, 0.15) is 0 Å². The molecule has 0 fully saturated rings. The van der Waals surface area contributed by atoms with Crippen molar-refractivity contribution in [3.63, 3.8) is 0 Å². The predicted molar refractivity (Wildman–Crippen MR) is 68.1 cm³/mol. The van der Waals surface area contributed by atoms with Gasteiger partial charge in [0.05, 0.1) is 0 Å². The van der Waals surface area contributed by atoms with E-state index in [1.807, 2.05) is 7.05 Å². The summed E-state index contributed by atoms with van der Waals surface area (Å²) in [7, 11) is 1.99. The maximum Gasteiger partial charge on any atom is 0.0164 e. The molecular formula is C14H21N. The van der Waals surface area contributed by atoms with Gasteiger partial charge in [0, 0.05) is 6.54 Å². The molecule has 0 aliphatic carbocycles. The second kappa shape index (κ2) is 5.72. The number of hydrogen-bond acceptors (Lipinski definition) is 1. The van der Waals surface area contributed by atoms with E-state index >= 15 is 0 Å². The molecule has 0 amide bonds. The summed E-state index contributed by atoms with van der Waals surface area (Å²) in [5.41, 5.74) is 5.55. The van der Waals surface area contributed by atoms with Crippen molar-refractivity contribution < 1.29 is 0 Å². The van der Waals surface area contributed by atoms with Crippen molar-refractivity contribution in [2.45, 2.75) is 27.2 Å². The topological polar surface area (TPSA) is 12.0 Å². The van der Waals surface area contributed by atoms with E-state index in [-0.39, 0.29) is 0 Å². The molecule has 0 saturated carbocycles. The Kier molecular flexibility index (Phi) is 4.57. The molecule has 1 N–H and O–H groups in total. The van der Waals surface area contributed by atoms with Crippen LogP contribution in [0.3, 0.4) is 0 Å². The molecule has 0 aliphatic rings. The molecule has 0 aliphatic heterocycles. The normalized spacial score (nSPS) is 11.9. The summed E-state index contributed by atoms with van der Waals surface area (Å²) in [5.74, 6) is 0. The zero-order valence-electron chi connectivity index (χ0n) is 10.2. The lowest BCUT2D eigenvalue weighted by molar-refractivity contribution is 0.850. The van der Waals surface area contributed by atoms with Crippen LogP contribution in [0.4, 0.5) is 0 Å². The lowest BCUT2D eigenvalue weighted by Gasteiger charge is -2.08. The zero-order valence-corrected chi connectivity index (χ0v) is 10.2. The number of likely N-dealkylation sites (N-methyl/N-ethyl adjacent to an activating group) is 1. The van der Waals surface area contributed by atoms with Crippen molar-refractivity contribution in [1.82, 2.24) is 5.32 Å². The van der Waals surface area contributed by atoms with Gasteiger partial charge in [-0.2, -0.15) is 0 Å². The fraction of sp³-hybridized carbons (Fsp3) is 0.429. The summed E-state index contributed by atoms with van der Waals surface area (Å²) < 4.78 is 0. The van der Waals surface area contributed by atoms with E-state index in [4.69, 9.17) is 0 Å². The van der Waals surface area contributed by atoms with Crippen LogP contribution in [0.2, 0.25) is 0 Å². The van der Waals surface area contributed by atoms with Gasteiger partial charge in [-0.1, -0.05) is 36.8 Å². The van der Waals surface area contributed by atoms with Crippen molar-refractivity contribution in [2.24, 2.45) is 0 Å². The third-order valence-electron chi connectivity index (χ3n) is 2.75. The Hall–Kier alpha value is -1.08. The van der Waals surface area contributed by atoms with Crippen LogP contribution in [-0.4, -0.2) is 13.6 Å². The van der Waals surface area contributed by atoms with E-state index in [2.05, 4.69) is 50.4 Å². The quantitative estimate of drug-likeness (QED) is 0.791. The molecule has 1 heteroatoms.